The number of ether oxygens (including phenoxy) is 1. The molecule has 0 radical (unpaired) electrons. The zero-order valence-corrected chi connectivity index (χ0v) is 12.5. The van der Waals surface area contributed by atoms with Crippen LogP contribution in [0.15, 0.2) is 12.1 Å². The normalized spacial score (nSPS) is 22.4. The van der Waals surface area contributed by atoms with Crippen molar-refractivity contribution in [2.45, 2.75) is 19.4 Å². The second kappa shape index (κ2) is 6.33. The van der Waals surface area contributed by atoms with Gasteiger partial charge in [-0.25, -0.2) is 0 Å². The van der Waals surface area contributed by atoms with E-state index in [0.717, 1.165) is 19.5 Å². The molecule has 1 heterocycles. The Hall–Kier alpha value is -1.46. The molecule has 1 saturated heterocycles. The minimum Gasteiger partial charge on any atom is -0.496 e. The molecule has 0 spiro atoms. The molecule has 0 aliphatic carbocycles. The van der Waals surface area contributed by atoms with E-state index in [1.54, 1.807) is 12.1 Å². The molecule has 2 unspecified atom stereocenters. The van der Waals surface area contributed by atoms with Crippen LogP contribution in [0.4, 0.5) is 5.69 Å². The van der Waals surface area contributed by atoms with Crippen molar-refractivity contribution in [1.82, 2.24) is 10.6 Å². The number of nitrogens with one attached hydrogen (secondary N) is 2. The molecule has 5 nitrogen and oxygen atoms in total. The summed E-state index contributed by atoms with van der Waals surface area (Å²) in [5.74, 6) is 0.649. The second-order valence-electron chi connectivity index (χ2n) is 5.12. The molecule has 20 heavy (non-hydrogen) atoms. The Morgan fingerprint density at radius 2 is 2.30 bits per heavy atom. The van der Waals surface area contributed by atoms with Crippen molar-refractivity contribution in [3.63, 3.8) is 0 Å². The van der Waals surface area contributed by atoms with Gasteiger partial charge in [-0.3, -0.25) is 4.79 Å². The van der Waals surface area contributed by atoms with Crippen molar-refractivity contribution in [2.24, 2.45) is 5.92 Å². The molecule has 1 amide bonds. The second-order valence-corrected chi connectivity index (χ2v) is 5.53. The van der Waals surface area contributed by atoms with Gasteiger partial charge < -0.3 is 21.1 Å². The smallest absolute Gasteiger partial charge is 0.255 e. The molecular formula is C14H20ClN3O2. The van der Waals surface area contributed by atoms with Crippen molar-refractivity contribution in [2.75, 3.05) is 25.9 Å². The fraction of sp³-hybridized carbons (Fsp3) is 0.500. The lowest BCUT2D eigenvalue weighted by Gasteiger charge is -2.30. The van der Waals surface area contributed by atoms with Crippen LogP contribution in [0.1, 0.15) is 23.7 Å². The molecule has 1 aromatic carbocycles. The molecule has 6 heteroatoms. The zero-order valence-electron chi connectivity index (χ0n) is 11.7. The summed E-state index contributed by atoms with van der Waals surface area (Å²) in [6, 6.07) is 3.28. The lowest BCUT2D eigenvalue weighted by atomic mass is 9.95. The highest BCUT2D eigenvalue weighted by Crippen LogP contribution is 2.29. The Kier molecular flexibility index (Phi) is 4.73. The van der Waals surface area contributed by atoms with Gasteiger partial charge in [-0.1, -0.05) is 18.5 Å². The van der Waals surface area contributed by atoms with Crippen molar-refractivity contribution in [3.8, 4) is 5.75 Å². The SMILES string of the molecule is COc1cc(N)c(Cl)cc1C(=O)NC1CCNCC1C. The van der Waals surface area contributed by atoms with Crippen molar-refractivity contribution >= 4 is 23.2 Å². The molecule has 2 rings (SSSR count). The van der Waals surface area contributed by atoms with Crippen molar-refractivity contribution in [1.29, 1.82) is 0 Å². The van der Waals surface area contributed by atoms with Gasteiger partial charge in [0.15, 0.2) is 0 Å². The maximum Gasteiger partial charge on any atom is 0.255 e. The Bertz CT molecular complexity index is 507. The summed E-state index contributed by atoms with van der Waals surface area (Å²) < 4.78 is 5.21. The van der Waals surface area contributed by atoms with Gasteiger partial charge in [0.25, 0.3) is 5.91 Å². The molecular weight excluding hydrogens is 278 g/mol. The molecule has 1 aliphatic rings. The van der Waals surface area contributed by atoms with Gasteiger partial charge in [-0.2, -0.15) is 0 Å². The third-order valence-corrected chi connectivity index (χ3v) is 3.99. The number of rotatable bonds is 3. The van der Waals surface area contributed by atoms with Crippen LogP contribution in [0, 0.1) is 5.92 Å². The maximum absolute atomic E-state index is 12.4. The van der Waals surface area contributed by atoms with E-state index in [4.69, 9.17) is 22.1 Å². The predicted molar refractivity (Wildman–Crippen MR) is 80.3 cm³/mol. The first-order valence-corrected chi connectivity index (χ1v) is 7.05. The summed E-state index contributed by atoms with van der Waals surface area (Å²) >= 11 is 5.99. The molecule has 0 aromatic heterocycles. The van der Waals surface area contributed by atoms with Gasteiger partial charge >= 0.3 is 0 Å². The molecule has 0 bridgehead atoms. The number of anilines is 1. The average molecular weight is 298 g/mol. The largest absolute Gasteiger partial charge is 0.496 e. The van der Waals surface area contributed by atoms with E-state index in [-0.39, 0.29) is 11.9 Å². The fourth-order valence-electron chi connectivity index (χ4n) is 2.39. The summed E-state index contributed by atoms with van der Waals surface area (Å²) in [6.07, 6.45) is 0.915. The van der Waals surface area contributed by atoms with Crippen molar-refractivity contribution in [3.05, 3.63) is 22.7 Å². The van der Waals surface area contributed by atoms with Gasteiger partial charge in [0, 0.05) is 12.1 Å². The molecule has 110 valence electrons. The highest BCUT2D eigenvalue weighted by atomic mass is 35.5. The van der Waals surface area contributed by atoms with E-state index < -0.39 is 0 Å². The highest BCUT2D eigenvalue weighted by Gasteiger charge is 2.24. The monoisotopic (exact) mass is 297 g/mol. The Morgan fingerprint density at radius 1 is 1.55 bits per heavy atom. The van der Waals surface area contributed by atoms with Gasteiger partial charge in [-0.05, 0) is 31.5 Å². The van der Waals surface area contributed by atoms with Gasteiger partial charge in [0.05, 0.1) is 23.4 Å². The zero-order chi connectivity index (χ0) is 14.7. The number of methoxy groups -OCH3 is 1. The number of nitrogen functional groups attached to an aromatic ring is 1. The number of piperidine rings is 1. The average Bonchev–Trinajstić information content (AvgIpc) is 2.43. The summed E-state index contributed by atoms with van der Waals surface area (Å²) in [7, 11) is 1.51. The van der Waals surface area contributed by atoms with Gasteiger partial charge in [-0.15, -0.1) is 0 Å². The number of carbonyl (C=O) groups excluding carboxylic acids is 1. The predicted octanol–water partition coefficient (Wildman–Crippen LogP) is 1.66. The molecule has 1 fully saturated rings. The number of benzene rings is 1. The lowest BCUT2D eigenvalue weighted by molar-refractivity contribution is 0.0911. The first kappa shape index (κ1) is 14.9. The topological polar surface area (TPSA) is 76.4 Å². The highest BCUT2D eigenvalue weighted by molar-refractivity contribution is 6.33. The number of hydrogen-bond donors (Lipinski definition) is 3. The molecule has 4 N–H and O–H groups in total. The van der Waals surface area contributed by atoms with E-state index >= 15 is 0 Å². The lowest BCUT2D eigenvalue weighted by Crippen LogP contribution is -2.48. The third kappa shape index (κ3) is 3.16. The molecule has 2 atom stereocenters. The van der Waals surface area contributed by atoms with Crippen LogP contribution < -0.4 is 21.1 Å². The van der Waals surface area contributed by atoms with Gasteiger partial charge in [0.2, 0.25) is 0 Å². The van der Waals surface area contributed by atoms with E-state index in [2.05, 4.69) is 17.6 Å². The van der Waals surface area contributed by atoms with E-state index in [9.17, 15) is 4.79 Å². The molecule has 1 aliphatic heterocycles. The molecule has 0 saturated carbocycles. The summed E-state index contributed by atoms with van der Waals surface area (Å²) in [6.45, 7) is 3.93. The van der Waals surface area contributed by atoms with Crippen LogP contribution >= 0.6 is 11.6 Å². The van der Waals surface area contributed by atoms with Crippen LogP contribution in [0.5, 0.6) is 5.75 Å². The number of carbonyl (C=O) groups is 1. The van der Waals surface area contributed by atoms with Crippen LogP contribution in [-0.4, -0.2) is 32.1 Å². The quantitative estimate of drug-likeness (QED) is 0.742. The Labute approximate surface area is 123 Å². The van der Waals surface area contributed by atoms with E-state index in [1.807, 2.05) is 0 Å². The number of halogens is 1. The maximum atomic E-state index is 12.4. The number of hydrogen-bond acceptors (Lipinski definition) is 4. The van der Waals surface area contributed by atoms with Crippen LogP contribution in [0.2, 0.25) is 5.02 Å². The first-order chi connectivity index (χ1) is 9.52. The molecule has 1 aromatic rings. The summed E-state index contributed by atoms with van der Waals surface area (Å²) in [5.41, 5.74) is 6.53. The van der Waals surface area contributed by atoms with Crippen LogP contribution in [0.3, 0.4) is 0 Å². The Morgan fingerprint density at radius 3 is 2.95 bits per heavy atom. The van der Waals surface area contributed by atoms with Crippen LogP contribution in [0.25, 0.3) is 0 Å². The van der Waals surface area contributed by atoms with Crippen molar-refractivity contribution < 1.29 is 9.53 Å². The Balaban J connectivity index is 2.18. The summed E-state index contributed by atoms with van der Waals surface area (Å²) in [5, 5.41) is 6.71. The fourth-order valence-corrected chi connectivity index (χ4v) is 2.55. The minimum atomic E-state index is -0.178. The van der Waals surface area contributed by atoms with E-state index in [0.29, 0.717) is 27.9 Å². The van der Waals surface area contributed by atoms with Gasteiger partial charge in [0.1, 0.15) is 5.75 Å². The summed E-state index contributed by atoms with van der Waals surface area (Å²) in [4.78, 5) is 12.4. The minimum absolute atomic E-state index is 0.157. The number of nitrogens with two attached hydrogens (primary N) is 1. The van der Waals surface area contributed by atoms with E-state index in [1.165, 1.54) is 7.11 Å². The first-order valence-electron chi connectivity index (χ1n) is 6.67. The standard InChI is InChI=1S/C14H20ClN3O2/c1-8-7-17-4-3-12(8)18-14(19)9-5-10(15)11(16)6-13(9)20-2/h5-6,8,12,17H,3-4,7,16H2,1-2H3,(H,18,19). The van der Waals surface area contributed by atoms with Crippen LogP contribution in [-0.2, 0) is 0 Å². The number of amides is 1. The third-order valence-electron chi connectivity index (χ3n) is 3.67.